The van der Waals surface area contributed by atoms with E-state index in [1.807, 2.05) is 53.9 Å². The molecule has 11 heteroatoms. The number of imidazole rings is 1. The molecule has 0 bridgehead atoms. The molecule has 4 amide bonds. The number of likely N-dealkylation sites (N-methyl/N-ethyl adjacent to an activating group) is 1. The Morgan fingerprint density at radius 2 is 1.81 bits per heavy atom. The molecular weight excluding hydrogens is 536 g/mol. The fourth-order valence-corrected chi connectivity index (χ4v) is 5.49. The van der Waals surface area contributed by atoms with Crippen molar-refractivity contribution in [2.75, 3.05) is 13.7 Å². The molecule has 2 aromatic heterocycles. The van der Waals surface area contributed by atoms with Crippen LogP contribution in [0.15, 0.2) is 72.0 Å². The standard InChI is InChI=1S/C31H28N6O5/c1-19-25(36-15-6-5-12-27(36)33-19)16-32-34-28(38)18-42-26-11-4-3-8-21(26)20-9-7-10-22-23(20)17-37(30(22)40)24-13-14-29(39)35(2)31(24)41/h3-12,15-16,24H,13-14,17-18H2,1-2H3,(H,34,38)/b32-16+. The average Bonchev–Trinajstić information content (AvgIpc) is 3.50. The predicted octanol–water partition coefficient (Wildman–Crippen LogP) is 2.94. The van der Waals surface area contributed by atoms with E-state index in [2.05, 4.69) is 15.5 Å². The number of aromatic nitrogens is 2. The maximum atomic E-state index is 13.4. The summed E-state index contributed by atoms with van der Waals surface area (Å²) in [5.74, 6) is -0.839. The van der Waals surface area contributed by atoms with Gasteiger partial charge in [-0.25, -0.2) is 10.4 Å². The lowest BCUT2D eigenvalue weighted by Crippen LogP contribution is -2.53. The molecule has 2 aliphatic rings. The average molecular weight is 565 g/mol. The lowest BCUT2D eigenvalue weighted by Gasteiger charge is -2.33. The Labute approximate surface area is 241 Å². The maximum Gasteiger partial charge on any atom is 0.277 e. The zero-order chi connectivity index (χ0) is 29.4. The molecule has 0 radical (unpaired) electrons. The summed E-state index contributed by atoms with van der Waals surface area (Å²) in [6, 6.07) is 17.7. The molecule has 1 saturated heterocycles. The number of carbonyl (C=O) groups is 4. The van der Waals surface area contributed by atoms with Gasteiger partial charge in [-0.15, -0.1) is 0 Å². The SMILES string of the molecule is Cc1nc2ccccn2c1/C=N/NC(=O)COc1ccccc1-c1cccc2c1CN(C1CCC(=O)N(C)C1=O)C2=O. The fourth-order valence-electron chi connectivity index (χ4n) is 5.49. The molecule has 1 atom stereocenters. The number of nitrogens with one attached hydrogen (secondary N) is 1. The zero-order valence-corrected chi connectivity index (χ0v) is 23.1. The summed E-state index contributed by atoms with van der Waals surface area (Å²) >= 11 is 0. The van der Waals surface area contributed by atoms with Crippen LogP contribution in [0.3, 0.4) is 0 Å². The first kappa shape index (κ1) is 26.9. The van der Waals surface area contributed by atoms with Gasteiger partial charge in [0.05, 0.1) is 17.6 Å². The smallest absolute Gasteiger partial charge is 0.277 e. The number of benzene rings is 2. The lowest BCUT2D eigenvalue weighted by atomic mass is 9.96. The number of nitrogens with zero attached hydrogens (tertiary/aromatic N) is 5. The van der Waals surface area contributed by atoms with Crippen molar-refractivity contribution in [1.82, 2.24) is 24.6 Å². The third-order valence-electron chi connectivity index (χ3n) is 7.66. The van der Waals surface area contributed by atoms with Gasteiger partial charge >= 0.3 is 0 Å². The van der Waals surface area contributed by atoms with E-state index >= 15 is 0 Å². The number of pyridine rings is 1. The fraction of sp³-hybridized carbons (Fsp3) is 0.226. The van der Waals surface area contributed by atoms with Crippen molar-refractivity contribution in [3.63, 3.8) is 0 Å². The molecule has 11 nitrogen and oxygen atoms in total. The molecule has 0 spiro atoms. The van der Waals surface area contributed by atoms with Crippen LogP contribution in [0.1, 0.15) is 40.2 Å². The van der Waals surface area contributed by atoms with E-state index in [4.69, 9.17) is 4.74 Å². The number of rotatable bonds is 7. The Kier molecular flexibility index (Phi) is 6.99. The second kappa shape index (κ2) is 10.9. The van der Waals surface area contributed by atoms with Crippen molar-refractivity contribution in [2.24, 2.45) is 5.10 Å². The molecule has 4 aromatic rings. The Hall–Kier alpha value is -5.32. The monoisotopic (exact) mass is 564 g/mol. The Morgan fingerprint density at radius 3 is 2.67 bits per heavy atom. The molecule has 0 saturated carbocycles. The summed E-state index contributed by atoms with van der Waals surface area (Å²) in [4.78, 5) is 57.9. The number of hydrogen-bond donors (Lipinski definition) is 1. The summed E-state index contributed by atoms with van der Waals surface area (Å²) in [7, 11) is 1.45. The summed E-state index contributed by atoms with van der Waals surface area (Å²) in [6.07, 6.45) is 3.92. The number of piperidine rings is 1. The van der Waals surface area contributed by atoms with Crippen molar-refractivity contribution in [1.29, 1.82) is 0 Å². The van der Waals surface area contributed by atoms with Crippen LogP contribution >= 0.6 is 0 Å². The van der Waals surface area contributed by atoms with E-state index in [0.717, 1.165) is 33.1 Å². The molecule has 42 heavy (non-hydrogen) atoms. The first-order valence-electron chi connectivity index (χ1n) is 13.5. The van der Waals surface area contributed by atoms with Crippen LogP contribution in [-0.2, 0) is 20.9 Å². The third-order valence-corrected chi connectivity index (χ3v) is 7.66. The van der Waals surface area contributed by atoms with E-state index in [9.17, 15) is 19.2 Å². The number of amides is 4. The molecule has 6 rings (SSSR count). The maximum absolute atomic E-state index is 13.4. The molecule has 2 aliphatic heterocycles. The highest BCUT2D eigenvalue weighted by molar-refractivity contribution is 6.06. The highest BCUT2D eigenvalue weighted by Crippen LogP contribution is 2.38. The number of ether oxygens (including phenoxy) is 1. The van der Waals surface area contributed by atoms with Crippen LogP contribution in [-0.4, -0.2) is 68.7 Å². The second-order valence-electron chi connectivity index (χ2n) is 10.2. The quantitative estimate of drug-likeness (QED) is 0.209. The second-order valence-corrected chi connectivity index (χ2v) is 10.2. The van der Waals surface area contributed by atoms with Gasteiger partial charge in [-0.05, 0) is 48.7 Å². The van der Waals surface area contributed by atoms with Crippen molar-refractivity contribution in [3.8, 4) is 16.9 Å². The summed E-state index contributed by atoms with van der Waals surface area (Å²) in [5.41, 5.74) is 7.57. The molecule has 4 heterocycles. The number of hydrazone groups is 1. The van der Waals surface area contributed by atoms with Crippen molar-refractivity contribution < 1.29 is 23.9 Å². The first-order chi connectivity index (χ1) is 20.3. The number of aryl methyl sites for hydroxylation is 1. The highest BCUT2D eigenvalue weighted by Gasteiger charge is 2.42. The van der Waals surface area contributed by atoms with Crippen LogP contribution in [0, 0.1) is 6.92 Å². The molecule has 1 N–H and O–H groups in total. The molecule has 1 unspecified atom stereocenters. The minimum absolute atomic E-state index is 0.210. The zero-order valence-electron chi connectivity index (χ0n) is 23.1. The van der Waals surface area contributed by atoms with Crippen molar-refractivity contribution in [2.45, 2.75) is 32.4 Å². The number of para-hydroxylation sites is 1. The Morgan fingerprint density at radius 1 is 1.05 bits per heavy atom. The number of imide groups is 1. The number of likely N-dealkylation sites (tertiary alicyclic amines) is 1. The minimum Gasteiger partial charge on any atom is -0.483 e. The molecule has 212 valence electrons. The van der Waals surface area contributed by atoms with Crippen molar-refractivity contribution in [3.05, 3.63) is 89.4 Å². The van der Waals surface area contributed by atoms with Gasteiger partial charge in [0.1, 0.15) is 17.4 Å². The van der Waals surface area contributed by atoms with Crippen LogP contribution < -0.4 is 10.2 Å². The minimum atomic E-state index is -0.694. The number of fused-ring (bicyclic) bond motifs is 2. The van der Waals surface area contributed by atoms with Crippen LogP contribution in [0.5, 0.6) is 5.75 Å². The van der Waals surface area contributed by atoms with Gasteiger partial charge in [0.25, 0.3) is 17.7 Å². The molecule has 0 aliphatic carbocycles. The Balaban J connectivity index is 1.17. The van der Waals surface area contributed by atoms with Crippen molar-refractivity contribution >= 4 is 35.5 Å². The molecule has 1 fully saturated rings. The number of hydrogen-bond acceptors (Lipinski definition) is 7. The van der Waals surface area contributed by atoms with Gasteiger partial charge in [-0.2, -0.15) is 5.10 Å². The van der Waals surface area contributed by atoms with Gasteiger partial charge in [0.2, 0.25) is 5.91 Å². The van der Waals surface area contributed by atoms with Crippen LogP contribution in [0.25, 0.3) is 16.8 Å². The largest absolute Gasteiger partial charge is 0.483 e. The van der Waals surface area contributed by atoms with E-state index in [0.29, 0.717) is 23.3 Å². The van der Waals surface area contributed by atoms with E-state index in [-0.39, 0.29) is 37.3 Å². The van der Waals surface area contributed by atoms with E-state index in [1.165, 1.54) is 7.05 Å². The van der Waals surface area contributed by atoms with Gasteiger partial charge in [-0.3, -0.25) is 28.5 Å². The summed E-state index contributed by atoms with van der Waals surface area (Å²) in [5, 5.41) is 4.08. The van der Waals surface area contributed by atoms with Gasteiger partial charge in [0.15, 0.2) is 6.61 Å². The molecular formula is C31H28N6O5. The topological polar surface area (TPSA) is 126 Å². The molecule has 2 aromatic carbocycles. The lowest BCUT2D eigenvalue weighted by molar-refractivity contribution is -0.150. The summed E-state index contributed by atoms with van der Waals surface area (Å²) in [6.45, 7) is 1.82. The number of carbonyl (C=O) groups excluding carboxylic acids is 4. The van der Waals surface area contributed by atoms with Gasteiger partial charge < -0.3 is 9.64 Å². The summed E-state index contributed by atoms with van der Waals surface area (Å²) < 4.78 is 7.79. The van der Waals surface area contributed by atoms with Gasteiger partial charge in [-0.1, -0.05) is 36.4 Å². The first-order valence-corrected chi connectivity index (χ1v) is 13.5. The highest BCUT2D eigenvalue weighted by atomic mass is 16.5. The van der Waals surface area contributed by atoms with Crippen LogP contribution in [0.2, 0.25) is 0 Å². The third kappa shape index (κ3) is 4.78. The van der Waals surface area contributed by atoms with Crippen LogP contribution in [0.4, 0.5) is 0 Å². The van der Waals surface area contributed by atoms with E-state index < -0.39 is 11.9 Å². The van der Waals surface area contributed by atoms with Gasteiger partial charge in [0, 0.05) is 37.3 Å². The Bertz CT molecular complexity index is 1780. The normalized spacial score (nSPS) is 16.9. The van der Waals surface area contributed by atoms with E-state index in [1.54, 1.807) is 35.4 Å². The predicted molar refractivity (Wildman–Crippen MR) is 154 cm³/mol.